The molecule has 2 aromatic heterocycles. The molecule has 0 radical (unpaired) electrons. The molecule has 0 amide bonds. The maximum Gasteiger partial charge on any atom is 0.329 e. The van der Waals surface area contributed by atoms with Crippen molar-refractivity contribution >= 4 is 11.2 Å². The zero-order valence-electron chi connectivity index (χ0n) is 10.9. The largest absolute Gasteiger partial charge is 0.329 e. The molecule has 0 aliphatic heterocycles. The number of nitrogens with zero attached hydrogens (tertiary/aromatic N) is 4. The molecule has 0 fully saturated rings. The second kappa shape index (κ2) is 4.76. The summed E-state index contributed by atoms with van der Waals surface area (Å²) in [5.74, 6) is 0. The summed E-state index contributed by atoms with van der Waals surface area (Å²) >= 11 is 0. The van der Waals surface area contributed by atoms with Gasteiger partial charge in [-0.15, -0.1) is 5.10 Å². The topological polar surface area (TPSA) is 85.6 Å². The smallest absolute Gasteiger partial charge is 0.290 e. The number of hydrogen-bond acceptors (Lipinski definition) is 4. The first-order valence-corrected chi connectivity index (χ1v) is 6.23. The van der Waals surface area contributed by atoms with Crippen molar-refractivity contribution in [2.75, 3.05) is 0 Å². The second-order valence-electron chi connectivity index (χ2n) is 4.54. The number of benzene rings is 1. The number of fused-ring (bicyclic) bond motifs is 1. The summed E-state index contributed by atoms with van der Waals surface area (Å²) in [5.41, 5.74) is 0.803. The van der Waals surface area contributed by atoms with Crippen LogP contribution in [0.4, 0.5) is 0 Å². The molecule has 20 heavy (non-hydrogen) atoms. The minimum atomic E-state index is -0.467. The molecule has 2 heterocycles. The Hall–Kier alpha value is -2.70. The standard InChI is InChI=1S/C13H13N5O2/c1-17-12(19)10-11(14-13(17)20)18(16-15-10)8-7-9-5-3-2-4-6-9/h2-6H,7-8H2,1H3,(H,14,20). The molecule has 3 aromatic rings. The Morgan fingerprint density at radius 2 is 1.95 bits per heavy atom. The molecule has 0 atom stereocenters. The van der Waals surface area contributed by atoms with Crippen LogP contribution in [0.3, 0.4) is 0 Å². The van der Waals surface area contributed by atoms with Gasteiger partial charge in [0.25, 0.3) is 5.56 Å². The van der Waals surface area contributed by atoms with Gasteiger partial charge in [-0.05, 0) is 12.0 Å². The number of nitrogens with one attached hydrogen (secondary N) is 1. The quantitative estimate of drug-likeness (QED) is 0.730. The van der Waals surface area contributed by atoms with E-state index in [4.69, 9.17) is 0 Å². The average Bonchev–Trinajstić information content (AvgIpc) is 2.87. The van der Waals surface area contributed by atoms with Crippen LogP contribution in [0.5, 0.6) is 0 Å². The van der Waals surface area contributed by atoms with Crippen LogP contribution in [0.2, 0.25) is 0 Å². The summed E-state index contributed by atoms with van der Waals surface area (Å²) in [6, 6.07) is 9.91. The van der Waals surface area contributed by atoms with Gasteiger partial charge in [0.05, 0.1) is 0 Å². The minimum Gasteiger partial charge on any atom is -0.290 e. The molecule has 0 saturated heterocycles. The maximum absolute atomic E-state index is 11.9. The number of aromatic amines is 1. The van der Waals surface area contributed by atoms with Gasteiger partial charge in [-0.2, -0.15) is 0 Å². The summed E-state index contributed by atoms with van der Waals surface area (Å²) in [4.78, 5) is 26.1. The predicted molar refractivity (Wildman–Crippen MR) is 73.5 cm³/mol. The Morgan fingerprint density at radius 1 is 1.20 bits per heavy atom. The van der Waals surface area contributed by atoms with Crippen LogP contribution in [0.15, 0.2) is 39.9 Å². The van der Waals surface area contributed by atoms with Gasteiger partial charge in [0.15, 0.2) is 11.2 Å². The third kappa shape index (κ3) is 2.03. The molecule has 7 nitrogen and oxygen atoms in total. The summed E-state index contributed by atoms with van der Waals surface area (Å²) in [6.07, 6.45) is 0.747. The van der Waals surface area contributed by atoms with Crippen molar-refractivity contribution < 1.29 is 0 Å². The Bertz CT molecular complexity index is 860. The third-order valence-corrected chi connectivity index (χ3v) is 3.23. The molecular formula is C13H13N5O2. The summed E-state index contributed by atoms with van der Waals surface area (Å²) in [6.45, 7) is 0.545. The van der Waals surface area contributed by atoms with E-state index in [2.05, 4.69) is 15.3 Å². The van der Waals surface area contributed by atoms with Gasteiger partial charge in [-0.1, -0.05) is 35.5 Å². The average molecular weight is 271 g/mol. The molecule has 0 saturated carbocycles. The normalized spacial score (nSPS) is 11.1. The van der Waals surface area contributed by atoms with Crippen molar-refractivity contribution in [1.29, 1.82) is 0 Å². The van der Waals surface area contributed by atoms with E-state index >= 15 is 0 Å². The van der Waals surface area contributed by atoms with Crippen LogP contribution in [0.1, 0.15) is 5.56 Å². The fraction of sp³-hybridized carbons (Fsp3) is 0.231. The molecule has 0 aliphatic carbocycles. The van der Waals surface area contributed by atoms with Crippen LogP contribution in [-0.2, 0) is 20.0 Å². The van der Waals surface area contributed by atoms with Gasteiger partial charge in [-0.25, -0.2) is 9.48 Å². The third-order valence-electron chi connectivity index (χ3n) is 3.23. The van der Waals surface area contributed by atoms with E-state index in [0.29, 0.717) is 12.2 Å². The molecule has 3 rings (SSSR count). The highest BCUT2D eigenvalue weighted by Gasteiger charge is 2.11. The lowest BCUT2D eigenvalue weighted by molar-refractivity contribution is 0.601. The van der Waals surface area contributed by atoms with Gasteiger partial charge in [0, 0.05) is 13.6 Å². The Labute approximate surface area is 113 Å². The van der Waals surface area contributed by atoms with Gasteiger partial charge in [0.2, 0.25) is 0 Å². The Balaban J connectivity index is 1.97. The SMILES string of the molecule is Cn1c(=O)[nH]c2c(nnn2CCc2ccccc2)c1=O. The van der Waals surface area contributed by atoms with Crippen LogP contribution in [-0.4, -0.2) is 24.5 Å². The van der Waals surface area contributed by atoms with Crippen molar-refractivity contribution in [3.63, 3.8) is 0 Å². The number of hydrogen-bond donors (Lipinski definition) is 1. The van der Waals surface area contributed by atoms with Crippen molar-refractivity contribution in [1.82, 2.24) is 24.5 Å². The zero-order chi connectivity index (χ0) is 14.1. The zero-order valence-corrected chi connectivity index (χ0v) is 10.9. The van der Waals surface area contributed by atoms with E-state index in [1.165, 1.54) is 7.05 Å². The lowest BCUT2D eigenvalue weighted by atomic mass is 10.1. The summed E-state index contributed by atoms with van der Waals surface area (Å²) < 4.78 is 2.53. The van der Waals surface area contributed by atoms with E-state index < -0.39 is 11.2 Å². The van der Waals surface area contributed by atoms with E-state index in [1.54, 1.807) is 4.68 Å². The molecule has 1 N–H and O–H groups in total. The molecular weight excluding hydrogens is 258 g/mol. The Morgan fingerprint density at radius 3 is 2.70 bits per heavy atom. The molecule has 0 unspecified atom stereocenters. The van der Waals surface area contributed by atoms with Gasteiger partial charge in [0.1, 0.15) is 0 Å². The van der Waals surface area contributed by atoms with Crippen LogP contribution in [0, 0.1) is 0 Å². The molecule has 0 spiro atoms. The molecule has 102 valence electrons. The highest BCUT2D eigenvalue weighted by molar-refractivity contribution is 5.67. The highest BCUT2D eigenvalue weighted by Crippen LogP contribution is 2.04. The van der Waals surface area contributed by atoms with Gasteiger partial charge >= 0.3 is 5.69 Å². The van der Waals surface area contributed by atoms with Crippen molar-refractivity contribution in [2.45, 2.75) is 13.0 Å². The van der Waals surface area contributed by atoms with E-state index in [9.17, 15) is 9.59 Å². The van der Waals surface area contributed by atoms with E-state index in [-0.39, 0.29) is 5.52 Å². The number of H-pyrrole nitrogens is 1. The van der Waals surface area contributed by atoms with Gasteiger partial charge < -0.3 is 0 Å². The molecule has 0 aliphatic rings. The fourth-order valence-electron chi connectivity index (χ4n) is 2.05. The number of aryl methyl sites for hydroxylation is 2. The lowest BCUT2D eigenvalue weighted by Crippen LogP contribution is -2.32. The first-order chi connectivity index (χ1) is 9.66. The van der Waals surface area contributed by atoms with Crippen LogP contribution >= 0.6 is 0 Å². The highest BCUT2D eigenvalue weighted by atomic mass is 16.2. The second-order valence-corrected chi connectivity index (χ2v) is 4.54. The van der Waals surface area contributed by atoms with Crippen molar-refractivity contribution in [2.24, 2.45) is 7.05 Å². The molecule has 0 bridgehead atoms. The predicted octanol–water partition coefficient (Wildman–Crippen LogP) is 0.0610. The van der Waals surface area contributed by atoms with Crippen LogP contribution in [0.25, 0.3) is 11.2 Å². The lowest BCUT2D eigenvalue weighted by Gasteiger charge is -2.02. The molecule has 1 aromatic carbocycles. The summed E-state index contributed by atoms with van der Waals surface area (Å²) in [7, 11) is 1.41. The van der Waals surface area contributed by atoms with E-state index in [0.717, 1.165) is 16.6 Å². The van der Waals surface area contributed by atoms with Crippen molar-refractivity contribution in [3.05, 3.63) is 56.7 Å². The first-order valence-electron chi connectivity index (χ1n) is 6.23. The first kappa shape index (κ1) is 12.3. The van der Waals surface area contributed by atoms with Crippen molar-refractivity contribution in [3.8, 4) is 0 Å². The van der Waals surface area contributed by atoms with Gasteiger partial charge in [-0.3, -0.25) is 14.3 Å². The monoisotopic (exact) mass is 271 g/mol. The number of aromatic nitrogens is 5. The maximum atomic E-state index is 11.9. The molecule has 7 heteroatoms. The van der Waals surface area contributed by atoms with Crippen LogP contribution < -0.4 is 11.2 Å². The number of rotatable bonds is 3. The minimum absolute atomic E-state index is 0.181. The summed E-state index contributed by atoms with van der Waals surface area (Å²) in [5, 5.41) is 7.78. The fourth-order valence-corrected chi connectivity index (χ4v) is 2.05. The Kier molecular flexibility index (Phi) is 2.94. The van der Waals surface area contributed by atoms with E-state index in [1.807, 2.05) is 30.3 Å².